The Bertz CT molecular complexity index is 701. The molecule has 5 nitrogen and oxygen atoms in total. The van der Waals surface area contributed by atoms with Crippen molar-refractivity contribution in [2.75, 3.05) is 13.2 Å². The Morgan fingerprint density at radius 3 is 2.96 bits per heavy atom. The van der Waals surface area contributed by atoms with Crippen molar-refractivity contribution in [2.24, 2.45) is 0 Å². The van der Waals surface area contributed by atoms with Gasteiger partial charge in [-0.15, -0.1) is 0 Å². The molecular formula is C17H20ClN3O2. The lowest BCUT2D eigenvalue weighted by Crippen LogP contribution is -2.48. The van der Waals surface area contributed by atoms with Crippen LogP contribution in [0.3, 0.4) is 0 Å². The number of carbonyl (C=O) groups excluding carboxylic acids is 1. The molecular weight excluding hydrogens is 314 g/mol. The van der Waals surface area contributed by atoms with Crippen LogP contribution in [0.1, 0.15) is 30.0 Å². The van der Waals surface area contributed by atoms with Gasteiger partial charge in [-0.25, -0.2) is 0 Å². The molecule has 1 aromatic heterocycles. The molecule has 0 unspecified atom stereocenters. The van der Waals surface area contributed by atoms with Crippen LogP contribution >= 0.6 is 11.6 Å². The van der Waals surface area contributed by atoms with Crippen molar-refractivity contribution < 1.29 is 9.53 Å². The summed E-state index contributed by atoms with van der Waals surface area (Å²) < 4.78 is 5.89. The van der Waals surface area contributed by atoms with Gasteiger partial charge in [0.2, 0.25) is 5.91 Å². The third-order valence-corrected chi connectivity index (χ3v) is 4.44. The average Bonchev–Trinajstić information content (AvgIpc) is 2.93. The van der Waals surface area contributed by atoms with E-state index in [1.807, 2.05) is 49.1 Å². The minimum absolute atomic E-state index is 0.0428. The number of hydrogen-bond acceptors (Lipinski definition) is 3. The summed E-state index contributed by atoms with van der Waals surface area (Å²) in [7, 11) is 0. The van der Waals surface area contributed by atoms with Crippen molar-refractivity contribution in [2.45, 2.75) is 32.4 Å². The van der Waals surface area contributed by atoms with E-state index < -0.39 is 0 Å². The zero-order chi connectivity index (χ0) is 16.4. The number of carbonyl (C=O) groups is 1. The summed E-state index contributed by atoms with van der Waals surface area (Å²) in [5.41, 5.74) is 2.65. The maximum absolute atomic E-state index is 12.6. The highest BCUT2D eigenvalue weighted by Crippen LogP contribution is 2.30. The van der Waals surface area contributed by atoms with Gasteiger partial charge < -0.3 is 9.64 Å². The van der Waals surface area contributed by atoms with Crippen molar-refractivity contribution in [3.63, 3.8) is 0 Å². The summed E-state index contributed by atoms with van der Waals surface area (Å²) in [6, 6.07) is 9.55. The second-order valence-electron chi connectivity index (χ2n) is 5.96. The molecule has 1 saturated heterocycles. The second-order valence-corrected chi connectivity index (χ2v) is 6.36. The highest BCUT2D eigenvalue weighted by molar-refractivity contribution is 6.31. The zero-order valence-electron chi connectivity index (χ0n) is 13.3. The molecule has 1 fully saturated rings. The van der Waals surface area contributed by atoms with E-state index in [0.29, 0.717) is 24.6 Å². The lowest BCUT2D eigenvalue weighted by atomic mass is 10.1. The number of nitrogens with one attached hydrogen (secondary N) is 1. The summed E-state index contributed by atoms with van der Waals surface area (Å²) >= 11 is 6.26. The van der Waals surface area contributed by atoms with Crippen LogP contribution in [-0.2, 0) is 16.0 Å². The Labute approximate surface area is 140 Å². The lowest BCUT2D eigenvalue weighted by Gasteiger charge is -2.38. The summed E-state index contributed by atoms with van der Waals surface area (Å²) in [6.45, 7) is 4.93. The van der Waals surface area contributed by atoms with Crippen LogP contribution in [0, 0.1) is 6.92 Å². The van der Waals surface area contributed by atoms with Gasteiger partial charge in [-0.3, -0.25) is 9.89 Å². The van der Waals surface area contributed by atoms with E-state index in [9.17, 15) is 4.79 Å². The number of morpholine rings is 1. The van der Waals surface area contributed by atoms with E-state index in [1.54, 1.807) is 0 Å². The SMILES string of the molecule is Cc1cc(CC(=O)N2C[C@@H](c3ccccc3Cl)OC[C@@H]2C)n[nH]1. The predicted octanol–water partition coefficient (Wildman–Crippen LogP) is 2.90. The Morgan fingerprint density at radius 2 is 2.26 bits per heavy atom. The van der Waals surface area contributed by atoms with Gasteiger partial charge in [0, 0.05) is 16.3 Å². The molecule has 2 atom stereocenters. The normalized spacial score (nSPS) is 21.4. The molecule has 2 heterocycles. The Balaban J connectivity index is 1.73. The Morgan fingerprint density at radius 1 is 1.48 bits per heavy atom. The van der Waals surface area contributed by atoms with Gasteiger partial charge in [0.05, 0.1) is 31.3 Å². The van der Waals surface area contributed by atoms with E-state index in [4.69, 9.17) is 16.3 Å². The van der Waals surface area contributed by atoms with Gasteiger partial charge in [-0.1, -0.05) is 29.8 Å². The van der Waals surface area contributed by atoms with Crippen LogP contribution < -0.4 is 0 Å². The number of amides is 1. The molecule has 1 aliphatic heterocycles. The van der Waals surface area contributed by atoms with E-state index in [1.165, 1.54) is 0 Å². The highest BCUT2D eigenvalue weighted by atomic mass is 35.5. The van der Waals surface area contributed by atoms with E-state index in [2.05, 4.69) is 10.2 Å². The largest absolute Gasteiger partial charge is 0.369 e. The van der Waals surface area contributed by atoms with Gasteiger partial charge in [-0.05, 0) is 26.0 Å². The molecule has 2 aromatic rings. The number of ether oxygens (including phenoxy) is 1. The van der Waals surface area contributed by atoms with E-state index in [0.717, 1.165) is 17.0 Å². The van der Waals surface area contributed by atoms with Crippen molar-refractivity contribution >= 4 is 17.5 Å². The first-order valence-corrected chi connectivity index (χ1v) is 8.09. The van der Waals surface area contributed by atoms with Gasteiger partial charge in [0.15, 0.2) is 0 Å². The zero-order valence-corrected chi connectivity index (χ0v) is 14.0. The molecule has 0 aliphatic carbocycles. The minimum atomic E-state index is -0.190. The molecule has 122 valence electrons. The number of H-pyrrole nitrogens is 1. The van der Waals surface area contributed by atoms with Crippen molar-refractivity contribution in [1.82, 2.24) is 15.1 Å². The standard InChI is InChI=1S/C17H20ClN3O2/c1-11-7-13(20-19-11)8-17(22)21-9-16(23-10-12(21)2)14-5-3-4-6-15(14)18/h3-7,12,16H,8-10H2,1-2H3,(H,19,20)/t12-,16-/m0/s1. The molecule has 0 bridgehead atoms. The summed E-state index contributed by atoms with van der Waals surface area (Å²) in [6.07, 6.45) is 0.106. The molecule has 1 amide bonds. The van der Waals surface area contributed by atoms with Gasteiger partial charge in [-0.2, -0.15) is 5.10 Å². The third-order valence-electron chi connectivity index (χ3n) is 4.10. The fourth-order valence-electron chi connectivity index (χ4n) is 2.85. The number of aromatic nitrogens is 2. The number of aryl methyl sites for hydroxylation is 1. The third kappa shape index (κ3) is 3.57. The Kier molecular flexibility index (Phi) is 4.68. The van der Waals surface area contributed by atoms with Crippen LogP contribution in [0.5, 0.6) is 0 Å². The molecule has 1 aliphatic rings. The first kappa shape index (κ1) is 16.0. The molecule has 0 spiro atoms. The van der Waals surface area contributed by atoms with E-state index in [-0.39, 0.29) is 18.1 Å². The predicted molar refractivity (Wildman–Crippen MR) is 88.3 cm³/mol. The summed E-state index contributed by atoms with van der Waals surface area (Å²) in [5, 5.41) is 7.68. The smallest absolute Gasteiger partial charge is 0.229 e. The average molecular weight is 334 g/mol. The monoisotopic (exact) mass is 333 g/mol. The molecule has 0 radical (unpaired) electrons. The summed E-state index contributed by atoms with van der Waals surface area (Å²) in [5.74, 6) is 0.0596. The van der Waals surface area contributed by atoms with Crippen LogP contribution in [-0.4, -0.2) is 40.2 Å². The van der Waals surface area contributed by atoms with Crippen molar-refractivity contribution in [1.29, 1.82) is 0 Å². The first-order chi connectivity index (χ1) is 11.0. The molecule has 6 heteroatoms. The number of rotatable bonds is 3. The number of aromatic amines is 1. The fourth-order valence-corrected chi connectivity index (χ4v) is 3.11. The molecule has 1 N–H and O–H groups in total. The van der Waals surface area contributed by atoms with Gasteiger partial charge in [0.25, 0.3) is 0 Å². The van der Waals surface area contributed by atoms with Crippen molar-refractivity contribution in [3.8, 4) is 0 Å². The summed E-state index contributed by atoms with van der Waals surface area (Å²) in [4.78, 5) is 14.5. The van der Waals surface area contributed by atoms with E-state index >= 15 is 0 Å². The quantitative estimate of drug-likeness (QED) is 0.939. The highest BCUT2D eigenvalue weighted by Gasteiger charge is 2.31. The molecule has 0 saturated carbocycles. The maximum atomic E-state index is 12.6. The van der Waals surface area contributed by atoms with Crippen molar-refractivity contribution in [3.05, 3.63) is 52.3 Å². The number of hydrogen-bond donors (Lipinski definition) is 1. The minimum Gasteiger partial charge on any atom is -0.369 e. The van der Waals surface area contributed by atoms with Crippen LogP contribution in [0.25, 0.3) is 0 Å². The van der Waals surface area contributed by atoms with Gasteiger partial charge in [0.1, 0.15) is 6.10 Å². The molecule has 3 rings (SSSR count). The topological polar surface area (TPSA) is 58.2 Å². The Hall–Kier alpha value is -1.85. The van der Waals surface area contributed by atoms with Gasteiger partial charge >= 0.3 is 0 Å². The lowest BCUT2D eigenvalue weighted by molar-refractivity contribution is -0.143. The number of benzene rings is 1. The second kappa shape index (κ2) is 6.72. The number of halogens is 1. The molecule has 1 aromatic carbocycles. The first-order valence-electron chi connectivity index (χ1n) is 7.71. The molecule has 23 heavy (non-hydrogen) atoms. The van der Waals surface area contributed by atoms with Crippen LogP contribution in [0.2, 0.25) is 5.02 Å². The number of nitrogens with zero attached hydrogens (tertiary/aromatic N) is 2. The fraction of sp³-hybridized carbons (Fsp3) is 0.412. The maximum Gasteiger partial charge on any atom is 0.229 e. The van der Waals surface area contributed by atoms with Crippen LogP contribution in [0.15, 0.2) is 30.3 Å². The van der Waals surface area contributed by atoms with Crippen LogP contribution in [0.4, 0.5) is 0 Å².